The van der Waals surface area contributed by atoms with Crippen molar-refractivity contribution in [2.75, 3.05) is 35.4 Å². The van der Waals surface area contributed by atoms with Crippen molar-refractivity contribution < 1.29 is 28.7 Å². The van der Waals surface area contributed by atoms with Crippen LogP contribution in [0.2, 0.25) is 0 Å². The van der Waals surface area contributed by atoms with Gasteiger partial charge in [-0.1, -0.05) is 12.1 Å². The summed E-state index contributed by atoms with van der Waals surface area (Å²) in [7, 11) is 1.56. The first-order valence-corrected chi connectivity index (χ1v) is 14.4. The zero-order valence-corrected chi connectivity index (χ0v) is 24.8. The first kappa shape index (κ1) is 29.7. The minimum Gasteiger partial charge on any atom is -0.497 e. The van der Waals surface area contributed by atoms with Gasteiger partial charge in [-0.3, -0.25) is 19.3 Å². The highest BCUT2D eigenvalue weighted by Crippen LogP contribution is 2.31. The highest BCUT2D eigenvalue weighted by molar-refractivity contribution is 7.80. The molecule has 3 aromatic carbocycles. The first-order chi connectivity index (χ1) is 20.8. The lowest BCUT2D eigenvalue weighted by Crippen LogP contribution is -2.37. The van der Waals surface area contributed by atoms with Crippen LogP contribution >= 0.6 is 12.2 Å². The lowest BCUT2D eigenvalue weighted by molar-refractivity contribution is -0.124. The van der Waals surface area contributed by atoms with E-state index in [1.165, 1.54) is 4.90 Å². The van der Waals surface area contributed by atoms with Crippen LogP contribution in [0.3, 0.4) is 0 Å². The molecule has 0 spiro atoms. The minimum absolute atomic E-state index is 0.107. The number of amides is 3. The lowest BCUT2D eigenvalue weighted by Gasteiger charge is -2.24. The Bertz CT molecular complexity index is 1520. The van der Waals surface area contributed by atoms with Crippen LogP contribution in [0.25, 0.3) is 0 Å². The van der Waals surface area contributed by atoms with Gasteiger partial charge in [0.1, 0.15) is 11.8 Å². The summed E-state index contributed by atoms with van der Waals surface area (Å²) in [5.41, 5.74) is 3.13. The number of hydrogen-bond donors (Lipinski definition) is 1. The Hall–Kier alpha value is -4.77. The molecular formula is C32H32N4O6S. The number of ether oxygens (including phenoxy) is 2. The Balaban J connectivity index is 1.35. The van der Waals surface area contributed by atoms with Crippen molar-refractivity contribution in [3.8, 4) is 5.75 Å². The summed E-state index contributed by atoms with van der Waals surface area (Å²) in [5.74, 6) is -0.396. The summed E-state index contributed by atoms with van der Waals surface area (Å²) in [4.78, 5) is 56.1. The third-order valence-corrected chi connectivity index (χ3v) is 7.80. The maximum atomic E-state index is 13.8. The Kier molecular flexibility index (Phi) is 9.01. The molecule has 1 atom stereocenters. The molecular weight excluding hydrogens is 568 g/mol. The molecule has 222 valence electrons. The van der Waals surface area contributed by atoms with Gasteiger partial charge in [0.05, 0.1) is 31.4 Å². The van der Waals surface area contributed by atoms with Crippen LogP contribution in [0.5, 0.6) is 5.75 Å². The van der Waals surface area contributed by atoms with Gasteiger partial charge in [-0.2, -0.15) is 0 Å². The molecule has 2 aliphatic rings. The molecule has 0 aliphatic carbocycles. The predicted molar refractivity (Wildman–Crippen MR) is 166 cm³/mol. The van der Waals surface area contributed by atoms with Gasteiger partial charge in [-0.15, -0.1) is 0 Å². The van der Waals surface area contributed by atoms with Gasteiger partial charge < -0.3 is 24.6 Å². The Morgan fingerprint density at radius 3 is 2.23 bits per heavy atom. The standard InChI is InChI=1S/C32H32N4O6S/c1-3-42-31(40)22-8-10-23(11-9-22)33-28(37)19-27-30(39)36(25-14-16-26(41-2)17-15-25)32(43)35(27)20-21-6-12-24(13-7-21)34-18-4-5-29(34)38/h6-17,27H,3-5,18-20H2,1-2H3,(H,33,37)/t27-/m0/s1. The normalized spacial score (nSPS) is 16.6. The minimum atomic E-state index is -0.853. The van der Waals surface area contributed by atoms with Crippen molar-refractivity contribution in [1.29, 1.82) is 0 Å². The number of hydrogen-bond acceptors (Lipinski definition) is 7. The number of carbonyl (C=O) groups excluding carboxylic acids is 4. The van der Waals surface area contributed by atoms with Crippen LogP contribution in [-0.2, 0) is 25.7 Å². The Morgan fingerprint density at radius 1 is 0.953 bits per heavy atom. The molecule has 10 nitrogen and oxygen atoms in total. The summed E-state index contributed by atoms with van der Waals surface area (Å²) >= 11 is 5.80. The number of benzene rings is 3. The molecule has 11 heteroatoms. The van der Waals surface area contributed by atoms with Gasteiger partial charge in [0.15, 0.2) is 5.11 Å². The van der Waals surface area contributed by atoms with E-state index in [1.807, 2.05) is 24.3 Å². The van der Waals surface area contributed by atoms with Crippen LogP contribution in [0, 0.1) is 0 Å². The third kappa shape index (κ3) is 6.51. The SMILES string of the molecule is CCOC(=O)c1ccc(NC(=O)C[C@H]2C(=O)N(c3ccc(OC)cc3)C(=S)N2Cc2ccc(N3CCCC3=O)cc2)cc1. The summed E-state index contributed by atoms with van der Waals surface area (Å²) in [6.45, 7) is 2.98. The van der Waals surface area contributed by atoms with Crippen molar-refractivity contribution in [1.82, 2.24) is 4.90 Å². The monoisotopic (exact) mass is 600 g/mol. The number of rotatable bonds is 10. The second kappa shape index (κ2) is 13.0. The van der Waals surface area contributed by atoms with E-state index in [0.717, 1.165) is 17.7 Å². The highest BCUT2D eigenvalue weighted by atomic mass is 32.1. The van der Waals surface area contributed by atoms with Gasteiger partial charge >= 0.3 is 5.97 Å². The number of methoxy groups -OCH3 is 1. The van der Waals surface area contributed by atoms with Gasteiger partial charge in [0.25, 0.3) is 5.91 Å². The molecule has 2 heterocycles. The molecule has 0 saturated carbocycles. The number of carbonyl (C=O) groups is 4. The fraction of sp³-hybridized carbons (Fsp3) is 0.281. The second-order valence-electron chi connectivity index (χ2n) is 10.2. The van der Waals surface area contributed by atoms with Crippen molar-refractivity contribution in [3.05, 3.63) is 83.9 Å². The lowest BCUT2D eigenvalue weighted by atomic mass is 10.1. The summed E-state index contributed by atoms with van der Waals surface area (Å²) in [5, 5.41) is 3.10. The maximum absolute atomic E-state index is 13.8. The van der Waals surface area contributed by atoms with Gasteiger partial charge in [0, 0.05) is 30.9 Å². The number of thiocarbonyl (C=S) groups is 1. The molecule has 43 heavy (non-hydrogen) atoms. The molecule has 1 N–H and O–H groups in total. The average Bonchev–Trinajstić information content (AvgIpc) is 3.54. The number of esters is 1. The van der Waals surface area contributed by atoms with E-state index in [9.17, 15) is 19.2 Å². The number of anilines is 3. The number of nitrogens with zero attached hydrogens (tertiary/aromatic N) is 3. The van der Waals surface area contributed by atoms with E-state index in [-0.39, 0.29) is 42.4 Å². The maximum Gasteiger partial charge on any atom is 0.338 e. The molecule has 2 fully saturated rings. The van der Waals surface area contributed by atoms with Gasteiger partial charge in [-0.05, 0) is 91.8 Å². The second-order valence-corrected chi connectivity index (χ2v) is 10.5. The van der Waals surface area contributed by atoms with Crippen molar-refractivity contribution in [2.45, 2.75) is 38.8 Å². The molecule has 5 rings (SSSR count). The zero-order valence-electron chi connectivity index (χ0n) is 23.9. The zero-order chi connectivity index (χ0) is 30.5. The van der Waals surface area contributed by atoms with Crippen LogP contribution in [-0.4, -0.2) is 60.0 Å². The smallest absolute Gasteiger partial charge is 0.338 e. The quantitative estimate of drug-likeness (QED) is 0.267. The Labute approximate surface area is 255 Å². The molecule has 0 bridgehead atoms. The van der Waals surface area contributed by atoms with Gasteiger partial charge in [-0.25, -0.2) is 4.79 Å². The van der Waals surface area contributed by atoms with Crippen LogP contribution < -0.4 is 19.9 Å². The molecule has 0 unspecified atom stereocenters. The van der Waals surface area contributed by atoms with E-state index < -0.39 is 12.0 Å². The van der Waals surface area contributed by atoms with E-state index in [1.54, 1.807) is 72.4 Å². The molecule has 0 aromatic heterocycles. The molecule has 2 saturated heterocycles. The Morgan fingerprint density at radius 2 is 1.63 bits per heavy atom. The first-order valence-electron chi connectivity index (χ1n) is 14.0. The van der Waals surface area contributed by atoms with Crippen molar-refractivity contribution in [2.24, 2.45) is 0 Å². The van der Waals surface area contributed by atoms with Crippen LogP contribution in [0.1, 0.15) is 42.1 Å². The fourth-order valence-electron chi connectivity index (χ4n) is 5.17. The predicted octanol–water partition coefficient (Wildman–Crippen LogP) is 4.53. The average molecular weight is 601 g/mol. The van der Waals surface area contributed by atoms with E-state index in [4.69, 9.17) is 21.7 Å². The van der Waals surface area contributed by atoms with E-state index in [0.29, 0.717) is 35.7 Å². The summed E-state index contributed by atoms with van der Waals surface area (Å²) < 4.78 is 10.3. The largest absolute Gasteiger partial charge is 0.497 e. The molecule has 2 aliphatic heterocycles. The topological polar surface area (TPSA) is 108 Å². The highest BCUT2D eigenvalue weighted by Gasteiger charge is 2.44. The van der Waals surface area contributed by atoms with E-state index >= 15 is 0 Å². The van der Waals surface area contributed by atoms with Crippen molar-refractivity contribution >= 4 is 58.1 Å². The molecule has 0 radical (unpaired) electrons. The van der Waals surface area contributed by atoms with E-state index in [2.05, 4.69) is 5.32 Å². The van der Waals surface area contributed by atoms with Crippen molar-refractivity contribution in [3.63, 3.8) is 0 Å². The molecule has 3 amide bonds. The van der Waals surface area contributed by atoms with Crippen LogP contribution in [0.15, 0.2) is 72.8 Å². The summed E-state index contributed by atoms with van der Waals surface area (Å²) in [6.07, 6.45) is 1.24. The summed E-state index contributed by atoms with van der Waals surface area (Å²) in [6, 6.07) is 20.1. The number of nitrogens with one attached hydrogen (secondary N) is 1. The molecule has 3 aromatic rings. The fourth-order valence-corrected chi connectivity index (χ4v) is 5.56. The van der Waals surface area contributed by atoms with Gasteiger partial charge in [0.2, 0.25) is 11.8 Å². The third-order valence-electron chi connectivity index (χ3n) is 7.38. The van der Waals surface area contributed by atoms with Crippen LogP contribution in [0.4, 0.5) is 17.1 Å².